The minimum absolute atomic E-state index is 0.0139. The highest BCUT2D eigenvalue weighted by Gasteiger charge is 2.34. The third kappa shape index (κ3) is 4.53. The predicted molar refractivity (Wildman–Crippen MR) is 114 cm³/mol. The van der Waals surface area contributed by atoms with Crippen LogP contribution in [0.3, 0.4) is 0 Å². The van der Waals surface area contributed by atoms with Crippen molar-refractivity contribution in [2.45, 2.75) is 39.2 Å². The number of methoxy groups -OCH3 is 2. The van der Waals surface area contributed by atoms with E-state index in [2.05, 4.69) is 0 Å². The molecule has 0 aliphatic carbocycles. The van der Waals surface area contributed by atoms with Gasteiger partial charge in [-0.1, -0.05) is 13.8 Å². The zero-order valence-electron chi connectivity index (χ0n) is 18.1. The maximum atomic E-state index is 13.3. The van der Waals surface area contributed by atoms with Gasteiger partial charge < -0.3 is 19.1 Å². The zero-order valence-corrected chi connectivity index (χ0v) is 18.1. The van der Waals surface area contributed by atoms with Crippen molar-refractivity contribution in [1.29, 1.82) is 0 Å². The molecule has 30 heavy (non-hydrogen) atoms. The lowest BCUT2D eigenvalue weighted by Crippen LogP contribution is -2.45. The first-order valence-electron chi connectivity index (χ1n) is 10.5. The van der Waals surface area contributed by atoms with Crippen LogP contribution < -0.4 is 14.2 Å². The highest BCUT2D eigenvalue weighted by atomic mass is 19.1. The number of amides is 1. The second-order valence-electron chi connectivity index (χ2n) is 7.48. The molecule has 2 aromatic rings. The molecule has 1 atom stereocenters. The molecule has 1 aliphatic rings. The van der Waals surface area contributed by atoms with Crippen LogP contribution in [0, 0.1) is 11.7 Å². The fourth-order valence-electron chi connectivity index (χ4n) is 4.05. The summed E-state index contributed by atoms with van der Waals surface area (Å²) >= 11 is 0. The standard InChI is InChI=1S/C24H30FNO4/c1-5-16(6-2)24(27)26-12-11-17-13-22(28-3)23(29-4)14-20(17)21(26)15-30-19-9-7-18(25)8-10-19/h7-10,13-14,16,21H,5-6,11-12,15H2,1-4H3/t21-/m0/s1. The molecule has 1 amide bonds. The van der Waals surface area contributed by atoms with Crippen molar-refractivity contribution in [3.8, 4) is 17.2 Å². The van der Waals surface area contributed by atoms with E-state index in [4.69, 9.17) is 14.2 Å². The summed E-state index contributed by atoms with van der Waals surface area (Å²) in [5.41, 5.74) is 2.12. The quantitative estimate of drug-likeness (QED) is 0.622. The highest BCUT2D eigenvalue weighted by Crippen LogP contribution is 2.39. The largest absolute Gasteiger partial charge is 0.493 e. The number of hydrogen-bond acceptors (Lipinski definition) is 4. The smallest absolute Gasteiger partial charge is 0.226 e. The van der Waals surface area contributed by atoms with Gasteiger partial charge in [0.15, 0.2) is 11.5 Å². The molecule has 0 unspecified atom stereocenters. The summed E-state index contributed by atoms with van der Waals surface area (Å²) in [5.74, 6) is 1.69. The number of hydrogen-bond donors (Lipinski definition) is 0. The average molecular weight is 416 g/mol. The van der Waals surface area contributed by atoms with Gasteiger partial charge >= 0.3 is 0 Å². The van der Waals surface area contributed by atoms with Crippen molar-refractivity contribution < 1.29 is 23.4 Å². The summed E-state index contributed by atoms with van der Waals surface area (Å²) in [4.78, 5) is 15.2. The molecule has 1 aliphatic heterocycles. The normalized spacial score (nSPS) is 15.7. The minimum Gasteiger partial charge on any atom is -0.493 e. The maximum absolute atomic E-state index is 13.3. The molecule has 162 valence electrons. The van der Waals surface area contributed by atoms with Crippen molar-refractivity contribution >= 4 is 5.91 Å². The third-order valence-corrected chi connectivity index (χ3v) is 5.84. The fraction of sp³-hybridized carbons (Fsp3) is 0.458. The molecule has 6 heteroatoms. The van der Waals surface area contributed by atoms with Crippen molar-refractivity contribution in [1.82, 2.24) is 4.90 Å². The summed E-state index contributed by atoms with van der Waals surface area (Å²) in [6.07, 6.45) is 2.35. The van der Waals surface area contributed by atoms with E-state index in [1.165, 1.54) is 12.1 Å². The summed E-state index contributed by atoms with van der Waals surface area (Å²) in [6, 6.07) is 9.60. The summed E-state index contributed by atoms with van der Waals surface area (Å²) < 4.78 is 30.2. The van der Waals surface area contributed by atoms with Gasteiger partial charge in [-0.25, -0.2) is 4.39 Å². The van der Waals surface area contributed by atoms with Gasteiger partial charge in [-0.05, 0) is 66.8 Å². The van der Waals surface area contributed by atoms with Crippen molar-refractivity contribution in [2.75, 3.05) is 27.4 Å². The lowest BCUT2D eigenvalue weighted by molar-refractivity contribution is -0.139. The Morgan fingerprint density at radius 1 is 1.10 bits per heavy atom. The lowest BCUT2D eigenvalue weighted by Gasteiger charge is -2.39. The summed E-state index contributed by atoms with van der Waals surface area (Å²) in [7, 11) is 3.22. The van der Waals surface area contributed by atoms with E-state index in [0.29, 0.717) is 23.8 Å². The summed E-state index contributed by atoms with van der Waals surface area (Å²) in [5, 5.41) is 0. The number of rotatable bonds is 8. The van der Waals surface area contributed by atoms with Crippen LogP contribution in [0.4, 0.5) is 4.39 Å². The van der Waals surface area contributed by atoms with Crippen molar-refractivity contribution in [3.05, 3.63) is 53.3 Å². The average Bonchev–Trinajstić information content (AvgIpc) is 2.78. The second kappa shape index (κ2) is 9.83. The fourth-order valence-corrected chi connectivity index (χ4v) is 4.05. The molecule has 0 saturated carbocycles. The van der Waals surface area contributed by atoms with E-state index in [-0.39, 0.29) is 30.3 Å². The molecule has 1 heterocycles. The summed E-state index contributed by atoms with van der Waals surface area (Å²) in [6.45, 7) is 4.99. The lowest BCUT2D eigenvalue weighted by atomic mass is 9.90. The number of nitrogens with zero attached hydrogens (tertiary/aromatic N) is 1. The molecule has 0 bridgehead atoms. The Balaban J connectivity index is 1.96. The Labute approximate surface area is 177 Å². The first-order chi connectivity index (χ1) is 14.5. The maximum Gasteiger partial charge on any atom is 0.226 e. The SMILES string of the molecule is CCC(CC)C(=O)N1CCc2cc(OC)c(OC)cc2[C@@H]1COc1ccc(F)cc1. The van der Waals surface area contributed by atoms with Crippen LogP contribution in [0.5, 0.6) is 17.2 Å². The van der Waals surface area contributed by atoms with Crippen LogP contribution in [0.15, 0.2) is 36.4 Å². The molecule has 0 radical (unpaired) electrons. The van der Waals surface area contributed by atoms with Crippen molar-refractivity contribution in [2.24, 2.45) is 5.92 Å². The Bertz CT molecular complexity index is 864. The van der Waals surface area contributed by atoms with Gasteiger partial charge in [0.1, 0.15) is 18.2 Å². The number of carbonyl (C=O) groups excluding carboxylic acids is 1. The van der Waals surface area contributed by atoms with Crippen molar-refractivity contribution in [3.63, 3.8) is 0 Å². The molecule has 5 nitrogen and oxygen atoms in total. The zero-order chi connectivity index (χ0) is 21.7. The Morgan fingerprint density at radius 3 is 2.33 bits per heavy atom. The van der Waals surface area contributed by atoms with E-state index in [1.807, 2.05) is 30.9 Å². The van der Waals surface area contributed by atoms with Gasteiger partial charge in [-0.3, -0.25) is 4.79 Å². The molecule has 3 rings (SSSR count). The van der Waals surface area contributed by atoms with Gasteiger partial charge in [0.2, 0.25) is 5.91 Å². The molecular weight excluding hydrogens is 385 g/mol. The first-order valence-corrected chi connectivity index (χ1v) is 10.5. The minimum atomic E-state index is -0.312. The second-order valence-corrected chi connectivity index (χ2v) is 7.48. The molecule has 0 spiro atoms. The predicted octanol–water partition coefficient (Wildman–Crippen LogP) is 4.78. The van der Waals surface area contributed by atoms with Gasteiger partial charge in [0, 0.05) is 12.5 Å². The number of carbonyl (C=O) groups is 1. The van der Waals surface area contributed by atoms with Crippen LogP contribution >= 0.6 is 0 Å². The van der Waals surface area contributed by atoms with Crippen LogP contribution in [-0.2, 0) is 11.2 Å². The molecule has 0 saturated heterocycles. The number of halogens is 1. The van der Waals surface area contributed by atoms with Gasteiger partial charge in [0.05, 0.1) is 20.3 Å². The monoisotopic (exact) mass is 415 g/mol. The van der Waals surface area contributed by atoms with Gasteiger partial charge in [-0.2, -0.15) is 0 Å². The van der Waals surface area contributed by atoms with E-state index in [1.54, 1.807) is 26.4 Å². The van der Waals surface area contributed by atoms with Crippen LogP contribution in [0.1, 0.15) is 43.9 Å². The third-order valence-electron chi connectivity index (χ3n) is 5.84. The number of fused-ring (bicyclic) bond motifs is 1. The van der Waals surface area contributed by atoms with Crippen LogP contribution in [0.2, 0.25) is 0 Å². The molecular formula is C24H30FNO4. The van der Waals surface area contributed by atoms with E-state index in [9.17, 15) is 9.18 Å². The van der Waals surface area contributed by atoms with E-state index < -0.39 is 0 Å². The van der Waals surface area contributed by atoms with Crippen LogP contribution in [0.25, 0.3) is 0 Å². The van der Waals surface area contributed by atoms with Gasteiger partial charge in [0.25, 0.3) is 0 Å². The van der Waals surface area contributed by atoms with E-state index in [0.717, 1.165) is 30.4 Å². The van der Waals surface area contributed by atoms with E-state index >= 15 is 0 Å². The number of ether oxygens (including phenoxy) is 3. The molecule has 0 fully saturated rings. The first kappa shape index (κ1) is 21.9. The molecule has 0 N–H and O–H groups in total. The molecule has 2 aromatic carbocycles. The number of benzene rings is 2. The Morgan fingerprint density at radius 2 is 1.73 bits per heavy atom. The topological polar surface area (TPSA) is 48.0 Å². The Hall–Kier alpha value is -2.76. The van der Waals surface area contributed by atoms with Crippen LogP contribution in [-0.4, -0.2) is 38.2 Å². The van der Waals surface area contributed by atoms with Gasteiger partial charge in [-0.15, -0.1) is 0 Å². The highest BCUT2D eigenvalue weighted by molar-refractivity contribution is 5.79. The Kier molecular flexibility index (Phi) is 7.19. The molecule has 0 aromatic heterocycles.